The highest BCUT2D eigenvalue weighted by Gasteiger charge is 2.35. The first-order valence-corrected chi connectivity index (χ1v) is 9.22. The van der Waals surface area contributed by atoms with E-state index in [9.17, 15) is 9.18 Å². The number of carbonyl (C=O) groups is 1. The molecule has 0 saturated carbocycles. The van der Waals surface area contributed by atoms with Crippen molar-refractivity contribution in [3.05, 3.63) is 59.8 Å². The van der Waals surface area contributed by atoms with Crippen molar-refractivity contribution in [3.8, 4) is 5.75 Å². The number of amides is 1. The lowest BCUT2D eigenvalue weighted by molar-refractivity contribution is -0.139. The van der Waals surface area contributed by atoms with Crippen LogP contribution in [0.15, 0.2) is 42.6 Å². The molecule has 1 amide bonds. The Bertz CT molecular complexity index is 1020. The van der Waals surface area contributed by atoms with E-state index in [1.165, 1.54) is 12.1 Å². The number of piperidine rings is 1. The predicted molar refractivity (Wildman–Crippen MR) is 96.1 cm³/mol. The minimum Gasteiger partial charge on any atom is -0.480 e. The second kappa shape index (κ2) is 6.33. The zero-order valence-corrected chi connectivity index (χ0v) is 14.7. The van der Waals surface area contributed by atoms with Crippen molar-refractivity contribution in [3.63, 3.8) is 0 Å². The maximum atomic E-state index is 13.4. The maximum Gasteiger partial charge on any atom is 0.264 e. The van der Waals surface area contributed by atoms with E-state index in [-0.39, 0.29) is 17.6 Å². The van der Waals surface area contributed by atoms with Crippen LogP contribution < -0.4 is 4.74 Å². The van der Waals surface area contributed by atoms with E-state index in [2.05, 4.69) is 10.2 Å². The quantitative estimate of drug-likeness (QED) is 0.699. The number of carbonyl (C=O) groups excluding carboxylic acids is 1. The zero-order valence-electron chi connectivity index (χ0n) is 14.7. The van der Waals surface area contributed by atoms with Crippen LogP contribution in [0.25, 0.3) is 5.65 Å². The molecule has 2 aliphatic heterocycles. The third-order valence-electron chi connectivity index (χ3n) is 5.41. The molecule has 0 aliphatic carbocycles. The van der Waals surface area contributed by atoms with Gasteiger partial charge in [-0.2, -0.15) is 0 Å². The Morgan fingerprint density at radius 1 is 1.22 bits per heavy atom. The number of halogens is 1. The van der Waals surface area contributed by atoms with Gasteiger partial charge >= 0.3 is 0 Å². The van der Waals surface area contributed by atoms with Crippen molar-refractivity contribution in [2.75, 3.05) is 13.1 Å². The van der Waals surface area contributed by atoms with Crippen LogP contribution in [0.2, 0.25) is 0 Å². The summed E-state index contributed by atoms with van der Waals surface area (Å²) in [5.41, 5.74) is 1.57. The molecule has 1 aromatic carbocycles. The summed E-state index contributed by atoms with van der Waals surface area (Å²) in [6.07, 6.45) is 3.68. The number of ether oxygens (including phenoxy) is 1. The number of hydrogen-bond acceptors (Lipinski definition) is 4. The molecule has 0 radical (unpaired) electrons. The molecular weight excluding hydrogens is 347 g/mol. The molecule has 5 rings (SSSR count). The Labute approximate surface area is 155 Å². The Morgan fingerprint density at radius 3 is 3.07 bits per heavy atom. The van der Waals surface area contributed by atoms with Crippen LogP contribution in [0.4, 0.5) is 4.39 Å². The van der Waals surface area contributed by atoms with Crippen LogP contribution in [0.5, 0.6) is 5.75 Å². The molecule has 6 nitrogen and oxygen atoms in total. The Morgan fingerprint density at radius 2 is 2.15 bits per heavy atom. The molecule has 138 valence electrons. The summed E-state index contributed by atoms with van der Waals surface area (Å²) in [6, 6.07) is 10.2. The van der Waals surface area contributed by atoms with Gasteiger partial charge in [0.25, 0.3) is 5.91 Å². The van der Waals surface area contributed by atoms with Crippen molar-refractivity contribution in [1.29, 1.82) is 0 Å². The summed E-state index contributed by atoms with van der Waals surface area (Å²) in [6.45, 7) is 1.30. The summed E-state index contributed by atoms with van der Waals surface area (Å²) >= 11 is 0. The van der Waals surface area contributed by atoms with Gasteiger partial charge in [0, 0.05) is 37.2 Å². The number of aromatic nitrogens is 3. The SMILES string of the molecule is O=C(C1Cc2cc(F)ccc2O1)N1CCCC(c2nnc3ccccn23)C1. The monoisotopic (exact) mass is 366 g/mol. The van der Waals surface area contributed by atoms with Crippen LogP contribution in [-0.4, -0.2) is 44.6 Å². The topological polar surface area (TPSA) is 59.7 Å². The van der Waals surface area contributed by atoms with E-state index >= 15 is 0 Å². The largest absolute Gasteiger partial charge is 0.480 e. The summed E-state index contributed by atoms with van der Waals surface area (Å²) < 4.78 is 21.2. The molecular formula is C20H19FN4O2. The van der Waals surface area contributed by atoms with Gasteiger partial charge < -0.3 is 9.64 Å². The summed E-state index contributed by atoms with van der Waals surface area (Å²) in [4.78, 5) is 14.8. The number of hydrogen-bond donors (Lipinski definition) is 0. The lowest BCUT2D eigenvalue weighted by Crippen LogP contribution is -2.46. The maximum absolute atomic E-state index is 13.4. The van der Waals surface area contributed by atoms with Gasteiger partial charge in [0.1, 0.15) is 17.4 Å². The van der Waals surface area contributed by atoms with Gasteiger partial charge in [-0.25, -0.2) is 4.39 Å². The van der Waals surface area contributed by atoms with Crippen LogP contribution in [-0.2, 0) is 11.2 Å². The van der Waals surface area contributed by atoms with Crippen LogP contribution >= 0.6 is 0 Å². The standard InChI is InChI=1S/C20H19FN4O2/c21-15-6-7-16-14(10-15)11-17(27-16)20(26)24-8-3-4-13(12-24)19-23-22-18-5-1-2-9-25(18)19/h1-2,5-7,9-10,13,17H,3-4,8,11-12H2. The van der Waals surface area contributed by atoms with E-state index in [0.717, 1.165) is 29.9 Å². The first-order chi connectivity index (χ1) is 13.2. The van der Waals surface area contributed by atoms with E-state index in [0.29, 0.717) is 25.3 Å². The molecule has 3 aromatic rings. The highest BCUT2D eigenvalue weighted by atomic mass is 19.1. The fourth-order valence-electron chi connectivity index (χ4n) is 4.08. The highest BCUT2D eigenvalue weighted by Crippen LogP contribution is 2.32. The molecule has 2 aliphatic rings. The van der Waals surface area contributed by atoms with E-state index in [1.807, 2.05) is 33.7 Å². The fourth-order valence-corrected chi connectivity index (χ4v) is 4.08. The molecule has 2 atom stereocenters. The van der Waals surface area contributed by atoms with Crippen molar-refractivity contribution in [2.24, 2.45) is 0 Å². The number of likely N-dealkylation sites (tertiary alicyclic amines) is 1. The molecule has 2 unspecified atom stereocenters. The Kier molecular flexibility index (Phi) is 3.81. The van der Waals surface area contributed by atoms with Gasteiger partial charge in [0.05, 0.1) is 0 Å². The second-order valence-corrected chi connectivity index (χ2v) is 7.17. The predicted octanol–water partition coefficient (Wildman–Crippen LogP) is 2.58. The molecule has 2 aromatic heterocycles. The van der Waals surface area contributed by atoms with E-state index in [4.69, 9.17) is 4.74 Å². The van der Waals surface area contributed by atoms with Crippen LogP contribution in [0, 0.1) is 5.82 Å². The van der Waals surface area contributed by atoms with Crippen molar-refractivity contribution >= 4 is 11.6 Å². The van der Waals surface area contributed by atoms with Gasteiger partial charge in [0.15, 0.2) is 11.8 Å². The lowest BCUT2D eigenvalue weighted by Gasteiger charge is -2.33. The molecule has 7 heteroatoms. The normalized spacial score (nSPS) is 21.9. The molecule has 0 bridgehead atoms. The van der Waals surface area contributed by atoms with Crippen molar-refractivity contribution in [1.82, 2.24) is 19.5 Å². The number of benzene rings is 1. The highest BCUT2D eigenvalue weighted by molar-refractivity contribution is 5.82. The Hall–Kier alpha value is -2.96. The smallest absolute Gasteiger partial charge is 0.264 e. The average Bonchev–Trinajstić information content (AvgIpc) is 3.31. The number of pyridine rings is 1. The zero-order chi connectivity index (χ0) is 18.4. The summed E-state index contributed by atoms with van der Waals surface area (Å²) in [7, 11) is 0. The Balaban J connectivity index is 1.33. The second-order valence-electron chi connectivity index (χ2n) is 7.17. The molecule has 1 saturated heterocycles. The fraction of sp³-hybridized carbons (Fsp3) is 0.350. The minimum absolute atomic E-state index is 0.0369. The molecule has 1 fully saturated rings. The average molecular weight is 366 g/mol. The van der Waals surface area contributed by atoms with E-state index < -0.39 is 6.10 Å². The van der Waals surface area contributed by atoms with Gasteiger partial charge in [-0.15, -0.1) is 10.2 Å². The summed E-state index contributed by atoms with van der Waals surface area (Å²) in [5, 5.41) is 8.58. The molecule has 27 heavy (non-hydrogen) atoms. The number of nitrogens with zero attached hydrogens (tertiary/aromatic N) is 4. The van der Waals surface area contributed by atoms with Gasteiger partial charge in [-0.3, -0.25) is 9.20 Å². The third-order valence-corrected chi connectivity index (χ3v) is 5.41. The van der Waals surface area contributed by atoms with Gasteiger partial charge in [-0.1, -0.05) is 6.07 Å². The minimum atomic E-state index is -0.573. The summed E-state index contributed by atoms with van der Waals surface area (Å²) in [5.74, 6) is 1.29. The third kappa shape index (κ3) is 2.83. The lowest BCUT2D eigenvalue weighted by atomic mass is 9.96. The van der Waals surface area contributed by atoms with Crippen LogP contribution in [0.3, 0.4) is 0 Å². The molecule has 0 spiro atoms. The van der Waals surface area contributed by atoms with Crippen molar-refractivity contribution in [2.45, 2.75) is 31.3 Å². The molecule has 4 heterocycles. The molecule has 0 N–H and O–H groups in total. The first kappa shape index (κ1) is 16.2. The first-order valence-electron chi connectivity index (χ1n) is 9.22. The number of fused-ring (bicyclic) bond motifs is 2. The van der Waals surface area contributed by atoms with Crippen molar-refractivity contribution < 1.29 is 13.9 Å². The van der Waals surface area contributed by atoms with E-state index in [1.54, 1.807) is 6.07 Å². The number of rotatable bonds is 2. The van der Waals surface area contributed by atoms with Gasteiger partial charge in [-0.05, 0) is 43.2 Å². The van der Waals surface area contributed by atoms with Gasteiger partial charge in [0.2, 0.25) is 0 Å². The van der Waals surface area contributed by atoms with Crippen LogP contribution in [0.1, 0.15) is 30.1 Å².